The molecule has 0 amide bonds. The highest BCUT2D eigenvalue weighted by molar-refractivity contribution is 5.53. The van der Waals surface area contributed by atoms with Gasteiger partial charge in [0.15, 0.2) is 5.82 Å². The van der Waals surface area contributed by atoms with E-state index in [0.29, 0.717) is 24.0 Å². The van der Waals surface area contributed by atoms with Crippen molar-refractivity contribution in [1.82, 2.24) is 15.2 Å². The molecule has 6 nitrogen and oxygen atoms in total. The second-order valence-electron chi connectivity index (χ2n) is 5.33. The molecule has 0 saturated carbocycles. The van der Waals surface area contributed by atoms with E-state index in [4.69, 9.17) is 4.74 Å². The molecule has 2 aromatic carbocycles. The Labute approximate surface area is 145 Å². The van der Waals surface area contributed by atoms with Gasteiger partial charge in [0.2, 0.25) is 5.95 Å². The average molecular weight is 339 g/mol. The molecular weight excluding hydrogens is 321 g/mol. The lowest BCUT2D eigenvalue weighted by molar-refractivity contribution is 0.414. The summed E-state index contributed by atoms with van der Waals surface area (Å²) in [5.41, 5.74) is 1.86. The fourth-order valence-corrected chi connectivity index (χ4v) is 2.27. The monoisotopic (exact) mass is 339 g/mol. The molecule has 0 atom stereocenters. The number of hydrogen-bond donors (Lipinski definition) is 2. The molecule has 0 saturated heterocycles. The molecule has 2 N–H and O–H groups in total. The minimum atomic E-state index is -0.294. The number of nitrogens with one attached hydrogen (secondary N) is 2. The van der Waals surface area contributed by atoms with Crippen LogP contribution in [0.1, 0.15) is 5.56 Å². The minimum absolute atomic E-state index is 0.294. The topological polar surface area (TPSA) is 72.0 Å². The van der Waals surface area contributed by atoms with Crippen LogP contribution in [0.3, 0.4) is 0 Å². The second-order valence-corrected chi connectivity index (χ2v) is 5.33. The maximum absolute atomic E-state index is 12.9. The van der Waals surface area contributed by atoms with Crippen molar-refractivity contribution >= 4 is 17.5 Å². The third-order valence-corrected chi connectivity index (χ3v) is 3.51. The van der Waals surface area contributed by atoms with E-state index < -0.39 is 0 Å². The number of rotatable bonds is 7. The predicted molar refractivity (Wildman–Crippen MR) is 94.7 cm³/mol. The van der Waals surface area contributed by atoms with E-state index >= 15 is 0 Å². The lowest BCUT2D eigenvalue weighted by atomic mass is 10.1. The van der Waals surface area contributed by atoms with Gasteiger partial charge in [0.1, 0.15) is 11.6 Å². The van der Waals surface area contributed by atoms with Crippen LogP contribution < -0.4 is 15.4 Å². The van der Waals surface area contributed by atoms with Crippen LogP contribution in [-0.4, -0.2) is 28.8 Å². The molecule has 0 aliphatic rings. The summed E-state index contributed by atoms with van der Waals surface area (Å²) < 4.78 is 18.1. The van der Waals surface area contributed by atoms with Crippen LogP contribution in [-0.2, 0) is 6.42 Å². The number of halogens is 1. The third-order valence-electron chi connectivity index (χ3n) is 3.51. The van der Waals surface area contributed by atoms with Crippen molar-refractivity contribution in [1.29, 1.82) is 0 Å². The summed E-state index contributed by atoms with van der Waals surface area (Å²) in [4.78, 5) is 4.34. The van der Waals surface area contributed by atoms with Gasteiger partial charge in [-0.2, -0.15) is 10.1 Å². The summed E-state index contributed by atoms with van der Waals surface area (Å²) in [5, 5.41) is 14.0. The van der Waals surface area contributed by atoms with Gasteiger partial charge in [0.25, 0.3) is 0 Å². The zero-order valence-electron chi connectivity index (χ0n) is 13.7. The van der Waals surface area contributed by atoms with E-state index in [0.717, 1.165) is 12.2 Å². The van der Waals surface area contributed by atoms with E-state index in [-0.39, 0.29) is 5.82 Å². The summed E-state index contributed by atoms with van der Waals surface area (Å²) in [5.74, 6) is 1.50. The standard InChI is InChI=1S/C18H18FN5O/c1-25-16-4-2-3-13(11-16)9-10-20-17-12-21-24-18(23-17)22-15-7-5-14(19)6-8-15/h2-8,11-12H,9-10H2,1H3,(H2,20,22,23,24). The van der Waals surface area contributed by atoms with E-state index in [1.54, 1.807) is 25.4 Å². The maximum Gasteiger partial charge on any atom is 0.249 e. The summed E-state index contributed by atoms with van der Waals surface area (Å²) in [6.07, 6.45) is 2.38. The average Bonchev–Trinajstić information content (AvgIpc) is 2.64. The fourth-order valence-electron chi connectivity index (χ4n) is 2.27. The largest absolute Gasteiger partial charge is 0.497 e. The molecule has 1 aromatic heterocycles. The molecule has 0 aliphatic carbocycles. The molecule has 0 fully saturated rings. The van der Waals surface area contributed by atoms with Gasteiger partial charge in [-0.25, -0.2) is 4.39 Å². The number of benzene rings is 2. The zero-order chi connectivity index (χ0) is 17.5. The van der Waals surface area contributed by atoms with Crippen LogP contribution in [0.15, 0.2) is 54.7 Å². The minimum Gasteiger partial charge on any atom is -0.497 e. The van der Waals surface area contributed by atoms with Crippen molar-refractivity contribution < 1.29 is 9.13 Å². The van der Waals surface area contributed by atoms with Gasteiger partial charge >= 0.3 is 0 Å². The first kappa shape index (κ1) is 16.6. The number of nitrogens with zero attached hydrogens (tertiary/aromatic N) is 3. The van der Waals surface area contributed by atoms with Crippen molar-refractivity contribution in [2.24, 2.45) is 0 Å². The van der Waals surface area contributed by atoms with Crippen molar-refractivity contribution in [3.63, 3.8) is 0 Å². The summed E-state index contributed by atoms with van der Waals surface area (Å²) in [6.45, 7) is 0.696. The summed E-state index contributed by atoms with van der Waals surface area (Å²) >= 11 is 0. The summed E-state index contributed by atoms with van der Waals surface area (Å²) in [6, 6.07) is 13.9. The number of aromatic nitrogens is 3. The van der Waals surface area contributed by atoms with Gasteiger partial charge in [-0.1, -0.05) is 12.1 Å². The van der Waals surface area contributed by atoms with E-state index in [1.807, 2.05) is 24.3 Å². The molecule has 25 heavy (non-hydrogen) atoms. The number of anilines is 3. The number of ether oxygens (including phenoxy) is 1. The molecule has 0 bridgehead atoms. The molecule has 0 aliphatic heterocycles. The lowest BCUT2D eigenvalue weighted by Gasteiger charge is -2.08. The van der Waals surface area contributed by atoms with Gasteiger partial charge in [0.05, 0.1) is 13.3 Å². The van der Waals surface area contributed by atoms with Crippen LogP contribution in [0.2, 0.25) is 0 Å². The van der Waals surface area contributed by atoms with E-state index in [9.17, 15) is 4.39 Å². The second kappa shape index (κ2) is 8.05. The lowest BCUT2D eigenvalue weighted by Crippen LogP contribution is -2.08. The van der Waals surface area contributed by atoms with Crippen molar-refractivity contribution in [3.05, 3.63) is 66.1 Å². The molecule has 7 heteroatoms. The summed E-state index contributed by atoms with van der Waals surface area (Å²) in [7, 11) is 1.65. The first-order valence-electron chi connectivity index (χ1n) is 7.82. The third kappa shape index (κ3) is 4.87. The molecular formula is C18H18FN5O. The molecule has 0 unspecified atom stereocenters. The van der Waals surface area contributed by atoms with Crippen LogP contribution in [0.5, 0.6) is 5.75 Å². The highest BCUT2D eigenvalue weighted by Crippen LogP contribution is 2.15. The highest BCUT2D eigenvalue weighted by atomic mass is 19.1. The van der Waals surface area contributed by atoms with Crippen molar-refractivity contribution in [2.75, 3.05) is 24.3 Å². The Morgan fingerprint density at radius 2 is 1.96 bits per heavy atom. The highest BCUT2D eigenvalue weighted by Gasteiger charge is 2.02. The van der Waals surface area contributed by atoms with Crippen molar-refractivity contribution in [2.45, 2.75) is 6.42 Å². The zero-order valence-corrected chi connectivity index (χ0v) is 13.7. The maximum atomic E-state index is 12.9. The van der Waals surface area contributed by atoms with Gasteiger partial charge < -0.3 is 15.4 Å². The Morgan fingerprint density at radius 3 is 2.76 bits per heavy atom. The Bertz CT molecular complexity index is 826. The van der Waals surface area contributed by atoms with Crippen molar-refractivity contribution in [3.8, 4) is 5.75 Å². The quantitative estimate of drug-likeness (QED) is 0.687. The predicted octanol–water partition coefficient (Wildman–Crippen LogP) is 3.42. The molecule has 1 heterocycles. The van der Waals surface area contributed by atoms with E-state index in [2.05, 4.69) is 25.8 Å². The van der Waals surface area contributed by atoms with Gasteiger partial charge in [0, 0.05) is 12.2 Å². The molecule has 128 valence electrons. The van der Waals surface area contributed by atoms with Crippen LogP contribution in [0.25, 0.3) is 0 Å². The Hall–Kier alpha value is -3.22. The van der Waals surface area contributed by atoms with Gasteiger partial charge in [-0.15, -0.1) is 5.10 Å². The SMILES string of the molecule is COc1cccc(CCNc2cnnc(Nc3ccc(F)cc3)n2)c1. The van der Waals surface area contributed by atoms with Gasteiger partial charge in [-0.05, 0) is 48.4 Å². The fraction of sp³-hybridized carbons (Fsp3) is 0.167. The Morgan fingerprint density at radius 1 is 1.12 bits per heavy atom. The smallest absolute Gasteiger partial charge is 0.249 e. The first-order chi connectivity index (χ1) is 12.2. The van der Waals surface area contributed by atoms with Gasteiger partial charge in [-0.3, -0.25) is 0 Å². The number of hydrogen-bond acceptors (Lipinski definition) is 6. The molecule has 0 spiro atoms. The Balaban J connectivity index is 1.57. The molecule has 3 aromatic rings. The first-order valence-corrected chi connectivity index (χ1v) is 7.82. The van der Waals surface area contributed by atoms with E-state index in [1.165, 1.54) is 17.7 Å². The molecule has 3 rings (SSSR count). The van der Waals surface area contributed by atoms with Crippen LogP contribution in [0.4, 0.5) is 21.8 Å². The number of methoxy groups -OCH3 is 1. The normalized spacial score (nSPS) is 10.3. The van der Waals surface area contributed by atoms with Crippen LogP contribution >= 0.6 is 0 Å². The molecule has 0 radical (unpaired) electrons. The van der Waals surface area contributed by atoms with Crippen LogP contribution in [0, 0.1) is 5.82 Å². The Kier molecular flexibility index (Phi) is 5.36.